The minimum Gasteiger partial charge on any atom is -0.485 e. The molecule has 0 saturated carbocycles. The van der Waals surface area contributed by atoms with Gasteiger partial charge in [0, 0.05) is 107 Å². The van der Waals surface area contributed by atoms with E-state index in [0.29, 0.717) is 163 Å². The number of aryl methyl sites for hydroxylation is 2. The van der Waals surface area contributed by atoms with Crippen molar-refractivity contribution < 1.29 is 95.8 Å². The van der Waals surface area contributed by atoms with E-state index in [9.17, 15) is 62.6 Å². The molecule has 122 heavy (non-hydrogen) atoms. The summed E-state index contributed by atoms with van der Waals surface area (Å²) in [6, 6.07) is 21.8. The number of nitrogens with zero attached hydrogens (tertiary/aromatic N) is 10. The number of amides is 8. The Hall–Kier alpha value is -11.6. The van der Waals surface area contributed by atoms with Gasteiger partial charge in [0.2, 0.25) is 23.6 Å². The molecule has 0 radical (unpaired) electrons. The number of methoxy groups -OCH3 is 1. The normalized spacial score (nSPS) is 16.8. The molecule has 4 aromatic heterocycles. The van der Waals surface area contributed by atoms with Crippen LogP contribution in [0.2, 0.25) is 10.0 Å². The van der Waals surface area contributed by atoms with E-state index in [1.807, 2.05) is 47.2 Å². The number of hydrogen-bond acceptors (Lipinski definition) is 27. The highest BCUT2D eigenvalue weighted by Crippen LogP contribution is 2.43. The van der Waals surface area contributed by atoms with E-state index in [1.54, 1.807) is 81.4 Å². The number of fused-ring (bicyclic) bond motifs is 8. The fourth-order valence-electron chi connectivity index (χ4n) is 14.5. The summed E-state index contributed by atoms with van der Waals surface area (Å²) in [5.74, 6) is -1.42. The van der Waals surface area contributed by atoms with Crippen LogP contribution in [-0.4, -0.2) is 225 Å². The number of carbonyl (C=O) groups is 12. The second kappa shape index (κ2) is 41.3. The Bertz CT molecular complexity index is 5410. The first-order chi connectivity index (χ1) is 58.7. The minimum absolute atomic E-state index is 0.0189. The molecular weight excluding hydrogens is 1660 g/mol. The molecule has 34 nitrogen and oxygen atoms in total. The van der Waals surface area contributed by atoms with Gasteiger partial charge in [0.15, 0.2) is 24.0 Å². The van der Waals surface area contributed by atoms with Crippen LogP contribution in [0.15, 0.2) is 94.9 Å². The van der Waals surface area contributed by atoms with Crippen LogP contribution in [0.1, 0.15) is 192 Å². The van der Waals surface area contributed by atoms with Gasteiger partial charge in [-0.15, -0.1) is 43.1 Å². The number of nitrogens with one attached hydrogen (secondary N) is 4. The van der Waals surface area contributed by atoms with Crippen molar-refractivity contribution >= 4 is 128 Å². The lowest BCUT2D eigenvalue weighted by Gasteiger charge is -2.29. The predicted octanol–water partition coefficient (Wildman–Crippen LogP) is 8.56. The summed E-state index contributed by atoms with van der Waals surface area (Å²) >= 11 is 14.7. The number of halogens is 2. The van der Waals surface area contributed by atoms with E-state index in [2.05, 4.69) is 41.7 Å². The average Bonchev–Trinajstić information content (AvgIpc) is 1.59. The molecule has 0 aliphatic carbocycles. The molecule has 8 amide bonds. The van der Waals surface area contributed by atoms with Crippen LogP contribution in [0.25, 0.3) is 10.0 Å². The Morgan fingerprint density at radius 3 is 1.50 bits per heavy atom. The van der Waals surface area contributed by atoms with E-state index in [1.165, 1.54) is 35.2 Å². The molecule has 0 spiro atoms. The van der Waals surface area contributed by atoms with E-state index >= 15 is 0 Å². The molecule has 2 fully saturated rings. The second-order valence-electron chi connectivity index (χ2n) is 29.0. The standard InChI is InChI=1S/C42H44ClN7O10S.C22H29N3O7.C20H17ClN4O3S/c1-23-35-36(25-9-11-26(43)12-10-25)45-30(20-34(53)57-3)38-48-47-24(2)50(38)42(35)61-37(23)40(55)44-15-17-59-19-18-58-16-5-6-27(51)22-60-32-8-4-7-28-29(32)21-49(41(28)56)31-13-14-33(52)46-39(31)54;1-2-9-30-11-12-31-10-8-23-20(27)14-32-18-5-3-4-15-16(18)13-25(22(15)29)17-6-7-19(26)24-21(17)28;1-9(26)8-14-18-24-23-11(3)25(18)19-15(10(2)17(29-19)20(27)28)16(22-14)12-4-6-13(21)7-5-12/h4,7-12,30-31H,5-6,13-22H2,1-3H3,(H,44,55)(H,46,52,54);3-5,17H,2,6-14H2,1H3,(H,23,27)(H,24,26,28);4-7,14H,8H2,1-3H3,(H,27,28)/t30-,31?;;14-/m1.1/s1. The van der Waals surface area contributed by atoms with Gasteiger partial charge in [-0.05, 0) is 120 Å². The maximum atomic E-state index is 13.6. The summed E-state index contributed by atoms with van der Waals surface area (Å²) in [6.45, 7) is 14.6. The van der Waals surface area contributed by atoms with Crippen molar-refractivity contribution in [2.75, 3.05) is 86.3 Å². The number of carboxylic acid groups (broad SMARTS) is 1. The zero-order chi connectivity index (χ0) is 87.0. The van der Waals surface area contributed by atoms with Crippen LogP contribution in [0.3, 0.4) is 0 Å². The van der Waals surface area contributed by atoms with Gasteiger partial charge in [-0.2, -0.15) is 0 Å². The number of benzene rings is 4. The third-order valence-electron chi connectivity index (χ3n) is 20.5. The van der Waals surface area contributed by atoms with Crippen molar-refractivity contribution in [1.29, 1.82) is 0 Å². The first-order valence-electron chi connectivity index (χ1n) is 39.5. The molecule has 8 aromatic rings. The number of thiophene rings is 2. The lowest BCUT2D eigenvalue weighted by Crippen LogP contribution is -2.52. The Balaban J connectivity index is 0.000000186. The smallest absolute Gasteiger partial charge is 0.346 e. The summed E-state index contributed by atoms with van der Waals surface area (Å²) in [5, 5.41) is 39.5. The number of piperidine rings is 2. The number of rotatable bonds is 34. The number of aromatic nitrogens is 6. The van der Waals surface area contributed by atoms with Crippen molar-refractivity contribution in [3.8, 4) is 21.5 Å². The van der Waals surface area contributed by atoms with Crippen molar-refractivity contribution in [3.63, 3.8) is 0 Å². The molecule has 642 valence electrons. The van der Waals surface area contributed by atoms with E-state index in [4.69, 9.17) is 66.3 Å². The number of ketones is 2. The topological polar surface area (TPSA) is 430 Å². The molecule has 2 saturated heterocycles. The number of aliphatic imine (C=N–C) groups is 2. The zero-order valence-corrected chi connectivity index (χ0v) is 71.0. The fourth-order valence-corrected chi connectivity index (χ4v) is 17.3. The van der Waals surface area contributed by atoms with Crippen LogP contribution in [0, 0.1) is 27.7 Å². The van der Waals surface area contributed by atoms with Crippen LogP contribution >= 0.6 is 45.9 Å². The van der Waals surface area contributed by atoms with Crippen molar-refractivity contribution in [3.05, 3.63) is 184 Å². The average molecular weight is 1750 g/mol. The van der Waals surface area contributed by atoms with E-state index in [-0.39, 0.29) is 143 Å². The summed E-state index contributed by atoms with van der Waals surface area (Å²) in [7, 11) is 1.32. The van der Waals surface area contributed by atoms with Gasteiger partial charge >= 0.3 is 11.9 Å². The summed E-state index contributed by atoms with van der Waals surface area (Å²) in [6.07, 6.45) is 2.69. The fraction of sp³-hybridized carbons (Fsp3) is 0.405. The maximum Gasteiger partial charge on any atom is 0.346 e. The highest BCUT2D eigenvalue weighted by Gasteiger charge is 2.43. The third-order valence-corrected chi connectivity index (χ3v) is 23.5. The van der Waals surface area contributed by atoms with Gasteiger partial charge in [-0.25, -0.2) is 4.79 Å². The highest BCUT2D eigenvalue weighted by atomic mass is 35.5. The molecule has 6 aliphatic rings. The Morgan fingerprint density at radius 2 is 1.02 bits per heavy atom. The van der Waals surface area contributed by atoms with Crippen molar-refractivity contribution in [1.82, 2.24) is 60.6 Å². The molecule has 38 heteroatoms. The number of carbonyl (C=O) groups excluding carboxylic acids is 11. The predicted molar refractivity (Wildman–Crippen MR) is 445 cm³/mol. The van der Waals surface area contributed by atoms with Gasteiger partial charge in [-0.1, -0.05) is 66.5 Å². The van der Waals surface area contributed by atoms with Gasteiger partial charge in [0.25, 0.3) is 23.6 Å². The zero-order valence-electron chi connectivity index (χ0n) is 67.9. The first-order valence-corrected chi connectivity index (χ1v) is 41.9. The molecule has 0 bridgehead atoms. The Morgan fingerprint density at radius 1 is 0.566 bits per heavy atom. The van der Waals surface area contributed by atoms with Crippen LogP contribution in [0.4, 0.5) is 0 Å². The SMILES string of the molecule is CC(=O)C[C@H]1N=C(c2ccc(Cl)cc2)c2c(sc(C(=O)O)c2C)-n2c(C)nnc21.CCCOCCOCCNC(=O)COc1cccc2c1CN(C1CCC(=O)NC1=O)C2=O.COC(=O)C[C@H]1N=C(c2ccc(Cl)cc2)c2c(sc(C(=O)NCCOCCOCCCC(=O)COc3cccc4c3CN(C3CCC(=O)NC3=O)C4=O)c2C)-n2c(C)nnc21. The van der Waals surface area contributed by atoms with E-state index < -0.39 is 47.9 Å². The van der Waals surface area contributed by atoms with Crippen molar-refractivity contribution in [2.45, 2.75) is 137 Å². The Kier molecular flexibility index (Phi) is 30.3. The third kappa shape index (κ3) is 21.1. The monoisotopic (exact) mass is 1750 g/mol. The van der Waals surface area contributed by atoms with Crippen LogP contribution < -0.4 is 30.7 Å². The molecule has 5 N–H and O–H groups in total. The molecule has 4 atom stereocenters. The number of Topliss-reactive ketones (excluding diaryl/α,β-unsaturated/α-hetero) is 2. The number of imide groups is 2. The lowest BCUT2D eigenvalue weighted by molar-refractivity contribution is -0.141. The largest absolute Gasteiger partial charge is 0.485 e. The van der Waals surface area contributed by atoms with Crippen LogP contribution in [-0.2, 0) is 75.1 Å². The molecular formula is C84H90Cl2N14O20S2. The number of esters is 1. The maximum absolute atomic E-state index is 13.6. The Labute approximate surface area is 718 Å². The number of hydrogen-bond donors (Lipinski definition) is 5. The first kappa shape index (κ1) is 89.6. The summed E-state index contributed by atoms with van der Waals surface area (Å²) < 4.78 is 42.1. The lowest BCUT2D eigenvalue weighted by atomic mass is 9.99. The number of carboxylic acids is 1. The van der Waals surface area contributed by atoms with Crippen molar-refractivity contribution in [2.24, 2.45) is 9.98 Å². The number of aromatic carboxylic acids is 1. The minimum atomic E-state index is -0.997. The summed E-state index contributed by atoms with van der Waals surface area (Å²) in [5.41, 5.74) is 7.62. The molecule has 14 rings (SSSR count). The molecule has 4 aromatic carbocycles. The second-order valence-corrected chi connectivity index (χ2v) is 31.9. The number of ether oxygens (including phenoxy) is 7. The summed E-state index contributed by atoms with van der Waals surface area (Å²) in [4.78, 5) is 161. The molecule has 6 aliphatic heterocycles. The van der Waals surface area contributed by atoms with Crippen LogP contribution in [0.5, 0.6) is 11.5 Å². The van der Waals surface area contributed by atoms with Gasteiger partial charge in [0.05, 0.1) is 82.6 Å². The van der Waals surface area contributed by atoms with Gasteiger partial charge in [-0.3, -0.25) is 82.5 Å². The molecule has 2 unspecified atom stereocenters. The highest BCUT2D eigenvalue weighted by molar-refractivity contribution is 7.17. The quantitative estimate of drug-likeness (QED) is 0.0143. The van der Waals surface area contributed by atoms with Gasteiger partial charge in [0.1, 0.15) is 74.6 Å². The van der Waals surface area contributed by atoms with E-state index in [0.717, 1.165) is 34.4 Å². The van der Waals surface area contributed by atoms with Gasteiger partial charge < -0.3 is 58.7 Å². The molecule has 10 heterocycles.